The van der Waals surface area contributed by atoms with Gasteiger partial charge in [-0.15, -0.1) is 11.3 Å². The van der Waals surface area contributed by atoms with E-state index in [9.17, 15) is 13.2 Å². The highest BCUT2D eigenvalue weighted by Crippen LogP contribution is 2.30. The zero-order chi connectivity index (χ0) is 13.1. The van der Waals surface area contributed by atoms with E-state index < -0.39 is 16.0 Å². The molecule has 0 saturated carbocycles. The van der Waals surface area contributed by atoms with Crippen LogP contribution in [-0.4, -0.2) is 28.0 Å². The van der Waals surface area contributed by atoms with Crippen LogP contribution < -0.4 is 4.72 Å². The first-order valence-electron chi connectivity index (χ1n) is 4.79. The van der Waals surface area contributed by atoms with Crippen molar-refractivity contribution in [3.63, 3.8) is 0 Å². The van der Waals surface area contributed by atoms with Gasteiger partial charge < -0.3 is 4.74 Å². The fourth-order valence-electron chi connectivity index (χ4n) is 1.09. The summed E-state index contributed by atoms with van der Waals surface area (Å²) in [6.07, 6.45) is 0.657. The maximum Gasteiger partial charge on any atom is 0.349 e. The molecule has 0 unspecified atom stereocenters. The van der Waals surface area contributed by atoms with Gasteiger partial charge in [-0.1, -0.05) is 18.5 Å². The molecule has 0 saturated heterocycles. The third-order valence-corrected chi connectivity index (χ3v) is 4.73. The molecule has 0 atom stereocenters. The molecule has 0 aromatic carbocycles. The number of hydrogen-bond acceptors (Lipinski definition) is 5. The Bertz CT molecular complexity index is 509. The summed E-state index contributed by atoms with van der Waals surface area (Å²) < 4.78 is 30.9. The number of ether oxygens (including phenoxy) is 1. The molecule has 0 spiro atoms. The van der Waals surface area contributed by atoms with E-state index in [1.807, 2.05) is 6.92 Å². The predicted octanol–water partition coefficient (Wildman–Crippen LogP) is 1.88. The highest BCUT2D eigenvalue weighted by Gasteiger charge is 2.25. The van der Waals surface area contributed by atoms with Gasteiger partial charge in [0.25, 0.3) is 0 Å². The normalized spacial score (nSPS) is 11.5. The standard InChI is InChI=1S/C9H12ClNO4S2/c1-3-4-11-17(13,14)6-5-7(10)16-8(6)9(12)15-2/h5,11H,3-4H2,1-2H3. The van der Waals surface area contributed by atoms with Crippen molar-refractivity contribution < 1.29 is 17.9 Å². The van der Waals surface area contributed by atoms with Gasteiger partial charge in [0.2, 0.25) is 10.0 Å². The molecule has 1 rings (SSSR count). The zero-order valence-corrected chi connectivity index (χ0v) is 11.7. The van der Waals surface area contributed by atoms with Gasteiger partial charge in [0, 0.05) is 6.54 Å². The van der Waals surface area contributed by atoms with Gasteiger partial charge in [-0.25, -0.2) is 17.9 Å². The largest absolute Gasteiger partial charge is 0.465 e. The predicted molar refractivity (Wildman–Crippen MR) is 66.1 cm³/mol. The SMILES string of the molecule is CCCNS(=O)(=O)c1cc(Cl)sc1C(=O)OC. The Morgan fingerprint density at radius 3 is 2.76 bits per heavy atom. The van der Waals surface area contributed by atoms with Gasteiger partial charge in [-0.05, 0) is 12.5 Å². The zero-order valence-electron chi connectivity index (χ0n) is 9.32. The van der Waals surface area contributed by atoms with Crippen molar-refractivity contribution >= 4 is 38.9 Å². The average molecular weight is 298 g/mol. The molecule has 0 aliphatic carbocycles. The van der Waals surface area contributed by atoms with E-state index in [1.165, 1.54) is 13.2 Å². The molecule has 96 valence electrons. The lowest BCUT2D eigenvalue weighted by Crippen LogP contribution is -2.25. The lowest BCUT2D eigenvalue weighted by Gasteiger charge is -2.05. The number of nitrogens with one attached hydrogen (secondary N) is 1. The minimum Gasteiger partial charge on any atom is -0.465 e. The second-order valence-electron chi connectivity index (χ2n) is 3.13. The summed E-state index contributed by atoms with van der Waals surface area (Å²) in [6, 6.07) is 1.25. The first-order chi connectivity index (χ1) is 7.92. The lowest BCUT2D eigenvalue weighted by atomic mass is 10.5. The number of rotatable bonds is 5. The number of carbonyl (C=O) groups is 1. The second kappa shape index (κ2) is 5.81. The van der Waals surface area contributed by atoms with Crippen molar-refractivity contribution in [2.24, 2.45) is 0 Å². The van der Waals surface area contributed by atoms with Crippen LogP contribution in [0, 0.1) is 0 Å². The molecule has 0 aliphatic rings. The van der Waals surface area contributed by atoms with E-state index in [0.717, 1.165) is 11.3 Å². The van der Waals surface area contributed by atoms with Crippen LogP contribution in [0.5, 0.6) is 0 Å². The Hall–Kier alpha value is -0.630. The molecule has 1 N–H and O–H groups in total. The molecular formula is C9H12ClNO4S2. The average Bonchev–Trinajstić information content (AvgIpc) is 2.68. The second-order valence-corrected chi connectivity index (χ2v) is 6.55. The molecule has 0 bridgehead atoms. The van der Waals surface area contributed by atoms with Crippen molar-refractivity contribution in [3.8, 4) is 0 Å². The molecule has 1 aromatic rings. The van der Waals surface area contributed by atoms with E-state index in [1.54, 1.807) is 0 Å². The summed E-state index contributed by atoms with van der Waals surface area (Å²) in [5, 5.41) is 0. The van der Waals surface area contributed by atoms with E-state index in [2.05, 4.69) is 9.46 Å². The monoisotopic (exact) mass is 297 g/mol. The molecule has 0 fully saturated rings. The lowest BCUT2D eigenvalue weighted by molar-refractivity contribution is 0.0602. The molecule has 0 amide bonds. The summed E-state index contributed by atoms with van der Waals surface area (Å²) >= 11 is 6.60. The van der Waals surface area contributed by atoms with E-state index in [-0.39, 0.29) is 14.1 Å². The quantitative estimate of drug-likeness (QED) is 0.842. The van der Waals surface area contributed by atoms with Crippen molar-refractivity contribution in [2.75, 3.05) is 13.7 Å². The first-order valence-corrected chi connectivity index (χ1v) is 7.47. The summed E-state index contributed by atoms with van der Waals surface area (Å²) in [5.41, 5.74) is 0. The molecule has 1 aromatic heterocycles. The highest BCUT2D eigenvalue weighted by molar-refractivity contribution is 7.89. The van der Waals surface area contributed by atoms with Crippen molar-refractivity contribution in [2.45, 2.75) is 18.2 Å². The smallest absolute Gasteiger partial charge is 0.349 e. The summed E-state index contributed by atoms with van der Waals surface area (Å²) in [4.78, 5) is 11.3. The highest BCUT2D eigenvalue weighted by atomic mass is 35.5. The Kier molecular flexibility index (Phi) is 4.93. The Labute approximate surface area is 109 Å². The molecule has 8 heteroatoms. The third-order valence-electron chi connectivity index (χ3n) is 1.87. The summed E-state index contributed by atoms with van der Waals surface area (Å²) in [7, 11) is -2.53. The third kappa shape index (κ3) is 3.41. The van der Waals surface area contributed by atoms with E-state index >= 15 is 0 Å². The van der Waals surface area contributed by atoms with Crippen molar-refractivity contribution in [1.82, 2.24) is 4.72 Å². The Morgan fingerprint density at radius 1 is 1.59 bits per heavy atom. The van der Waals surface area contributed by atoms with Gasteiger partial charge in [0.05, 0.1) is 11.4 Å². The number of esters is 1. The number of methoxy groups -OCH3 is 1. The van der Waals surface area contributed by atoms with Crippen molar-refractivity contribution in [3.05, 3.63) is 15.3 Å². The first kappa shape index (κ1) is 14.4. The number of sulfonamides is 1. The fourth-order valence-corrected chi connectivity index (χ4v) is 3.96. The Balaban J connectivity index is 3.17. The molecule has 5 nitrogen and oxygen atoms in total. The van der Waals surface area contributed by atoms with Crippen molar-refractivity contribution in [1.29, 1.82) is 0 Å². The van der Waals surface area contributed by atoms with Crippen LogP contribution >= 0.6 is 22.9 Å². The maximum absolute atomic E-state index is 11.9. The topological polar surface area (TPSA) is 72.5 Å². The number of carbonyl (C=O) groups excluding carboxylic acids is 1. The maximum atomic E-state index is 11.9. The minimum atomic E-state index is -3.71. The van der Waals surface area contributed by atoms with Gasteiger partial charge >= 0.3 is 5.97 Å². The van der Waals surface area contributed by atoms with Crippen LogP contribution in [0.3, 0.4) is 0 Å². The molecule has 0 radical (unpaired) electrons. The van der Waals surface area contributed by atoms with Crippen LogP contribution in [0.1, 0.15) is 23.0 Å². The van der Waals surface area contributed by atoms with Gasteiger partial charge in [-0.3, -0.25) is 0 Å². The van der Waals surface area contributed by atoms with Crippen LogP contribution in [0.15, 0.2) is 11.0 Å². The molecule has 0 aliphatic heterocycles. The van der Waals surface area contributed by atoms with Gasteiger partial charge in [0.15, 0.2) is 0 Å². The van der Waals surface area contributed by atoms with E-state index in [4.69, 9.17) is 11.6 Å². The Morgan fingerprint density at radius 2 is 2.24 bits per heavy atom. The number of thiophene rings is 1. The number of halogens is 1. The van der Waals surface area contributed by atoms with Crippen LogP contribution in [0.2, 0.25) is 4.34 Å². The van der Waals surface area contributed by atoms with Crippen LogP contribution in [0.25, 0.3) is 0 Å². The number of hydrogen-bond donors (Lipinski definition) is 1. The van der Waals surface area contributed by atoms with E-state index in [0.29, 0.717) is 13.0 Å². The fraction of sp³-hybridized carbons (Fsp3) is 0.444. The van der Waals surface area contributed by atoms with Gasteiger partial charge in [-0.2, -0.15) is 0 Å². The summed E-state index contributed by atoms with van der Waals surface area (Å²) in [6.45, 7) is 2.14. The molecule has 17 heavy (non-hydrogen) atoms. The molecule has 1 heterocycles. The molecular weight excluding hydrogens is 286 g/mol. The minimum absolute atomic E-state index is 0.0129. The van der Waals surface area contributed by atoms with Crippen LogP contribution in [0.4, 0.5) is 0 Å². The summed E-state index contributed by atoms with van der Waals surface area (Å²) in [5.74, 6) is -0.709. The van der Waals surface area contributed by atoms with Crippen LogP contribution in [-0.2, 0) is 14.8 Å². The van der Waals surface area contributed by atoms with Gasteiger partial charge in [0.1, 0.15) is 9.77 Å².